The van der Waals surface area contributed by atoms with Gasteiger partial charge in [-0.25, -0.2) is 9.78 Å². The fourth-order valence-corrected chi connectivity index (χ4v) is 6.86. The molecular formula is C27H29N5O3S2. The highest BCUT2D eigenvalue weighted by Crippen LogP contribution is 2.39. The van der Waals surface area contributed by atoms with Gasteiger partial charge in [-0.15, -0.1) is 28.1 Å². The van der Waals surface area contributed by atoms with E-state index in [2.05, 4.69) is 26.7 Å². The molecule has 0 bridgehead atoms. The SMILES string of the molecule is C=CCn1c2ccccc2c2nnc(S[C@H](CC)C(=O)Nc3sc4c(c3C(=O)OCC)CCCC4)nc21. The van der Waals surface area contributed by atoms with Gasteiger partial charge in [-0.3, -0.25) is 4.79 Å². The minimum atomic E-state index is -0.453. The maximum absolute atomic E-state index is 13.4. The van der Waals surface area contributed by atoms with E-state index in [1.54, 1.807) is 6.92 Å². The normalized spacial score (nSPS) is 13.9. The van der Waals surface area contributed by atoms with Crippen LogP contribution in [0.4, 0.5) is 5.00 Å². The standard InChI is InChI=1S/C27H29N5O3S2/c1-4-15-32-18-13-9-7-11-16(18)22-23(32)28-27(31-30-22)37-19(5-2)24(33)29-25-21(26(34)35-6-3)17-12-8-10-14-20(17)36-25/h4,7,9,11,13,19H,1,5-6,8,10,12,14-15H2,2-3H3,(H,29,33)/t19-/m1/s1. The summed E-state index contributed by atoms with van der Waals surface area (Å²) in [6.07, 6.45) is 6.27. The molecule has 0 fully saturated rings. The van der Waals surface area contributed by atoms with Gasteiger partial charge in [0.15, 0.2) is 5.65 Å². The van der Waals surface area contributed by atoms with Gasteiger partial charge in [0.25, 0.3) is 0 Å². The van der Waals surface area contributed by atoms with Crippen LogP contribution in [0.15, 0.2) is 42.1 Å². The molecule has 0 saturated carbocycles. The zero-order valence-corrected chi connectivity index (χ0v) is 22.6. The summed E-state index contributed by atoms with van der Waals surface area (Å²) in [5, 5.41) is 13.4. The third-order valence-electron chi connectivity index (χ3n) is 6.46. The van der Waals surface area contributed by atoms with E-state index in [9.17, 15) is 9.59 Å². The van der Waals surface area contributed by atoms with Crippen molar-refractivity contribution in [3.8, 4) is 0 Å². The Kier molecular flexibility index (Phi) is 7.57. The van der Waals surface area contributed by atoms with Crippen LogP contribution in [0.3, 0.4) is 0 Å². The first-order valence-corrected chi connectivity index (χ1v) is 14.3. The summed E-state index contributed by atoms with van der Waals surface area (Å²) in [5.41, 5.74) is 3.99. The van der Waals surface area contributed by atoms with Crippen LogP contribution in [-0.2, 0) is 28.9 Å². The number of nitrogens with one attached hydrogen (secondary N) is 1. The fraction of sp³-hybridized carbons (Fsp3) is 0.370. The highest BCUT2D eigenvalue weighted by atomic mass is 32.2. The number of aromatic nitrogens is 4. The number of hydrogen-bond acceptors (Lipinski definition) is 8. The number of rotatable bonds is 9. The van der Waals surface area contributed by atoms with E-state index < -0.39 is 5.25 Å². The van der Waals surface area contributed by atoms with Crippen LogP contribution >= 0.6 is 23.1 Å². The van der Waals surface area contributed by atoms with Gasteiger partial charge in [0.05, 0.1) is 22.9 Å². The van der Waals surface area contributed by atoms with Crippen LogP contribution < -0.4 is 5.32 Å². The van der Waals surface area contributed by atoms with Gasteiger partial charge in [0, 0.05) is 16.8 Å². The summed E-state index contributed by atoms with van der Waals surface area (Å²) in [7, 11) is 0. The molecule has 4 aromatic rings. The molecule has 1 amide bonds. The second-order valence-corrected chi connectivity index (χ2v) is 11.1. The van der Waals surface area contributed by atoms with Gasteiger partial charge < -0.3 is 14.6 Å². The average molecular weight is 536 g/mol. The van der Waals surface area contributed by atoms with Gasteiger partial charge in [-0.05, 0) is 50.7 Å². The summed E-state index contributed by atoms with van der Waals surface area (Å²) >= 11 is 2.77. The van der Waals surface area contributed by atoms with Crippen LogP contribution in [0.1, 0.15) is 53.9 Å². The Morgan fingerprint density at radius 1 is 1.24 bits per heavy atom. The number of benzene rings is 1. The molecule has 5 rings (SSSR count). The number of thioether (sulfide) groups is 1. The number of amides is 1. The van der Waals surface area contributed by atoms with Crippen molar-refractivity contribution in [3.63, 3.8) is 0 Å². The Morgan fingerprint density at radius 3 is 2.84 bits per heavy atom. The number of para-hydroxylation sites is 1. The van der Waals surface area contributed by atoms with Crippen molar-refractivity contribution in [3.05, 3.63) is 52.9 Å². The number of ether oxygens (including phenoxy) is 1. The van der Waals surface area contributed by atoms with Crippen molar-refractivity contribution >= 4 is 62.0 Å². The largest absolute Gasteiger partial charge is 0.462 e. The van der Waals surface area contributed by atoms with Crippen molar-refractivity contribution in [2.75, 3.05) is 11.9 Å². The molecule has 0 spiro atoms. The van der Waals surface area contributed by atoms with Crippen LogP contribution in [0.5, 0.6) is 0 Å². The molecule has 3 heterocycles. The summed E-state index contributed by atoms with van der Waals surface area (Å²) in [6, 6.07) is 7.98. The average Bonchev–Trinajstić information content (AvgIpc) is 3.42. The van der Waals surface area contributed by atoms with Crippen LogP contribution in [-0.4, -0.2) is 43.5 Å². The lowest BCUT2D eigenvalue weighted by molar-refractivity contribution is -0.115. The number of thiophene rings is 1. The van der Waals surface area contributed by atoms with Crippen LogP contribution in [0.25, 0.3) is 22.1 Å². The van der Waals surface area contributed by atoms with E-state index in [0.717, 1.165) is 47.7 Å². The lowest BCUT2D eigenvalue weighted by Crippen LogP contribution is -2.25. The Balaban J connectivity index is 1.42. The van der Waals surface area contributed by atoms with E-state index in [-0.39, 0.29) is 11.9 Å². The van der Waals surface area contributed by atoms with Crippen molar-refractivity contribution < 1.29 is 14.3 Å². The predicted molar refractivity (Wildman–Crippen MR) is 149 cm³/mol. The number of allylic oxidation sites excluding steroid dienone is 1. The monoisotopic (exact) mass is 535 g/mol. The summed E-state index contributed by atoms with van der Waals surface area (Å²) in [4.78, 5) is 32.1. The summed E-state index contributed by atoms with van der Waals surface area (Å²) in [5.74, 6) is -0.557. The zero-order chi connectivity index (χ0) is 25.9. The lowest BCUT2D eigenvalue weighted by Gasteiger charge is -2.14. The molecule has 3 aromatic heterocycles. The molecular weight excluding hydrogens is 506 g/mol. The number of hydrogen-bond donors (Lipinski definition) is 1. The number of esters is 1. The molecule has 0 unspecified atom stereocenters. The molecule has 0 radical (unpaired) electrons. The van der Waals surface area contributed by atoms with E-state index in [4.69, 9.17) is 9.72 Å². The van der Waals surface area contributed by atoms with E-state index in [1.807, 2.05) is 37.3 Å². The predicted octanol–water partition coefficient (Wildman–Crippen LogP) is 5.79. The number of aryl methyl sites for hydroxylation is 1. The molecule has 0 saturated heterocycles. The molecule has 1 atom stereocenters. The molecule has 1 N–H and O–H groups in total. The molecule has 1 aromatic carbocycles. The van der Waals surface area contributed by atoms with Gasteiger partial charge in [0.1, 0.15) is 10.5 Å². The molecule has 192 valence electrons. The van der Waals surface area contributed by atoms with Crippen LogP contribution in [0.2, 0.25) is 0 Å². The third-order valence-corrected chi connectivity index (χ3v) is 8.89. The van der Waals surface area contributed by atoms with E-state index >= 15 is 0 Å². The summed E-state index contributed by atoms with van der Waals surface area (Å²) < 4.78 is 7.38. The number of fused-ring (bicyclic) bond motifs is 4. The number of anilines is 1. The maximum Gasteiger partial charge on any atom is 0.341 e. The van der Waals surface area contributed by atoms with Crippen molar-refractivity contribution in [1.29, 1.82) is 0 Å². The van der Waals surface area contributed by atoms with E-state index in [0.29, 0.717) is 40.9 Å². The van der Waals surface area contributed by atoms with E-state index in [1.165, 1.54) is 28.0 Å². The molecule has 1 aliphatic rings. The van der Waals surface area contributed by atoms with Crippen molar-refractivity contribution in [2.24, 2.45) is 0 Å². The Hall–Kier alpha value is -3.24. The topological polar surface area (TPSA) is 99.0 Å². The maximum atomic E-state index is 13.4. The molecule has 37 heavy (non-hydrogen) atoms. The lowest BCUT2D eigenvalue weighted by atomic mass is 9.95. The number of carbonyl (C=O) groups is 2. The zero-order valence-electron chi connectivity index (χ0n) is 21.0. The first-order valence-electron chi connectivity index (χ1n) is 12.6. The highest BCUT2D eigenvalue weighted by molar-refractivity contribution is 8.00. The molecule has 10 heteroatoms. The van der Waals surface area contributed by atoms with Crippen LogP contribution in [0, 0.1) is 0 Å². The molecule has 0 aliphatic heterocycles. The second kappa shape index (κ2) is 11.0. The first kappa shape index (κ1) is 25.4. The Bertz CT molecular complexity index is 1490. The summed E-state index contributed by atoms with van der Waals surface area (Å²) in [6.45, 7) is 8.49. The van der Waals surface area contributed by atoms with Crippen molar-refractivity contribution in [1.82, 2.24) is 19.7 Å². The number of carbonyl (C=O) groups excluding carboxylic acids is 2. The highest BCUT2D eigenvalue weighted by Gasteiger charge is 2.29. The smallest absolute Gasteiger partial charge is 0.341 e. The molecule has 8 nitrogen and oxygen atoms in total. The minimum Gasteiger partial charge on any atom is -0.462 e. The van der Waals surface area contributed by atoms with Gasteiger partial charge in [-0.1, -0.05) is 43.0 Å². The Morgan fingerprint density at radius 2 is 2.05 bits per heavy atom. The van der Waals surface area contributed by atoms with Crippen molar-refractivity contribution in [2.45, 2.75) is 62.9 Å². The first-order chi connectivity index (χ1) is 18.0. The second-order valence-electron chi connectivity index (χ2n) is 8.82. The number of nitrogens with zero attached hydrogens (tertiary/aromatic N) is 4. The third kappa shape index (κ3) is 4.87. The quantitative estimate of drug-likeness (QED) is 0.164. The minimum absolute atomic E-state index is 0.188. The van der Waals surface area contributed by atoms with Gasteiger partial charge in [-0.2, -0.15) is 0 Å². The van der Waals surface area contributed by atoms with Gasteiger partial charge in [0.2, 0.25) is 11.1 Å². The fourth-order valence-electron chi connectivity index (χ4n) is 4.77. The van der Waals surface area contributed by atoms with Gasteiger partial charge >= 0.3 is 5.97 Å². The molecule has 1 aliphatic carbocycles. The Labute approximate surface area is 223 Å².